The molecule has 96 valence electrons. The van der Waals surface area contributed by atoms with Crippen LogP contribution >= 0.6 is 0 Å². The summed E-state index contributed by atoms with van der Waals surface area (Å²) in [7, 11) is 0. The van der Waals surface area contributed by atoms with Crippen LogP contribution in [0.3, 0.4) is 0 Å². The Morgan fingerprint density at radius 1 is 1.56 bits per heavy atom. The summed E-state index contributed by atoms with van der Waals surface area (Å²) in [6.07, 6.45) is 6.44. The minimum absolute atomic E-state index is 0.376. The van der Waals surface area contributed by atoms with E-state index in [1.54, 1.807) is 0 Å². The number of nitrogens with zero attached hydrogens (tertiary/aromatic N) is 1. The van der Waals surface area contributed by atoms with Crippen molar-refractivity contribution < 1.29 is 4.74 Å². The summed E-state index contributed by atoms with van der Waals surface area (Å²) < 4.78 is 5.56. The molecule has 2 N–H and O–H groups in total. The summed E-state index contributed by atoms with van der Waals surface area (Å²) >= 11 is 0. The predicted molar refractivity (Wildman–Crippen MR) is 71.4 cm³/mol. The predicted octanol–water partition coefficient (Wildman–Crippen LogP) is 2.22. The maximum atomic E-state index is 5.56. The fourth-order valence-electron chi connectivity index (χ4n) is 2.60. The van der Waals surface area contributed by atoms with E-state index in [1.165, 1.54) is 10.9 Å². The van der Waals surface area contributed by atoms with Gasteiger partial charge in [0.05, 0.1) is 6.10 Å². The van der Waals surface area contributed by atoms with Gasteiger partial charge in [0.1, 0.15) is 5.65 Å². The minimum Gasteiger partial charge on any atom is -0.378 e. The second-order valence-electron chi connectivity index (χ2n) is 5.00. The number of aromatic amines is 1. The van der Waals surface area contributed by atoms with E-state index in [0.717, 1.165) is 31.6 Å². The van der Waals surface area contributed by atoms with Crippen LogP contribution in [0, 0.1) is 0 Å². The molecule has 0 amide bonds. The molecule has 3 heterocycles. The number of hydrogen-bond donors (Lipinski definition) is 2. The Hall–Kier alpha value is -1.39. The van der Waals surface area contributed by atoms with Crippen molar-refractivity contribution in [1.29, 1.82) is 0 Å². The van der Waals surface area contributed by atoms with Crippen LogP contribution in [-0.2, 0) is 11.3 Å². The van der Waals surface area contributed by atoms with Crippen molar-refractivity contribution in [1.82, 2.24) is 15.3 Å². The van der Waals surface area contributed by atoms with Crippen molar-refractivity contribution in [2.24, 2.45) is 0 Å². The van der Waals surface area contributed by atoms with Gasteiger partial charge in [-0.1, -0.05) is 0 Å². The first-order valence-electron chi connectivity index (χ1n) is 6.59. The summed E-state index contributed by atoms with van der Waals surface area (Å²) in [5, 5.41) is 4.83. The number of fused-ring (bicyclic) bond motifs is 1. The molecule has 1 aliphatic rings. The molecule has 1 saturated heterocycles. The van der Waals surface area contributed by atoms with Gasteiger partial charge in [0.2, 0.25) is 0 Å². The van der Waals surface area contributed by atoms with Gasteiger partial charge in [-0.25, -0.2) is 4.98 Å². The molecule has 4 nitrogen and oxygen atoms in total. The van der Waals surface area contributed by atoms with Gasteiger partial charge in [-0.05, 0) is 37.5 Å². The van der Waals surface area contributed by atoms with Crippen LogP contribution in [-0.4, -0.2) is 28.7 Å². The van der Waals surface area contributed by atoms with Crippen molar-refractivity contribution in [3.8, 4) is 0 Å². The molecule has 0 aromatic carbocycles. The highest BCUT2D eigenvalue weighted by Gasteiger charge is 2.18. The standard InChI is InChI=1S/C14H19N3O/c1-10-7-12(4-6-18-10)16-8-11-9-17-14-13(11)3-2-5-15-14/h2-3,5,9-10,12,16H,4,6-8H2,1H3,(H,15,17). The first kappa shape index (κ1) is 11.7. The van der Waals surface area contributed by atoms with Gasteiger partial charge >= 0.3 is 0 Å². The number of H-pyrrole nitrogens is 1. The molecule has 18 heavy (non-hydrogen) atoms. The molecule has 1 aliphatic heterocycles. The number of aromatic nitrogens is 2. The lowest BCUT2D eigenvalue weighted by atomic mass is 10.0. The van der Waals surface area contributed by atoms with Crippen LogP contribution in [0.25, 0.3) is 11.0 Å². The Balaban J connectivity index is 1.66. The molecule has 4 heteroatoms. The van der Waals surface area contributed by atoms with Crippen LogP contribution in [0.2, 0.25) is 0 Å². The van der Waals surface area contributed by atoms with Crippen LogP contribution in [0.5, 0.6) is 0 Å². The highest BCUT2D eigenvalue weighted by molar-refractivity contribution is 5.79. The summed E-state index contributed by atoms with van der Waals surface area (Å²) in [5.74, 6) is 0. The van der Waals surface area contributed by atoms with E-state index < -0.39 is 0 Å². The zero-order valence-electron chi connectivity index (χ0n) is 10.6. The highest BCUT2D eigenvalue weighted by Crippen LogP contribution is 2.17. The number of pyridine rings is 1. The van der Waals surface area contributed by atoms with Gasteiger partial charge in [0, 0.05) is 37.0 Å². The van der Waals surface area contributed by atoms with E-state index in [2.05, 4.69) is 28.3 Å². The minimum atomic E-state index is 0.376. The number of nitrogens with one attached hydrogen (secondary N) is 2. The molecule has 0 saturated carbocycles. The average molecular weight is 245 g/mol. The van der Waals surface area contributed by atoms with Crippen LogP contribution in [0.4, 0.5) is 0 Å². The van der Waals surface area contributed by atoms with Gasteiger partial charge in [-0.15, -0.1) is 0 Å². The lowest BCUT2D eigenvalue weighted by Gasteiger charge is -2.28. The van der Waals surface area contributed by atoms with Crippen LogP contribution < -0.4 is 5.32 Å². The van der Waals surface area contributed by atoms with Gasteiger partial charge in [-0.3, -0.25) is 0 Å². The second-order valence-corrected chi connectivity index (χ2v) is 5.00. The molecular formula is C14H19N3O. The quantitative estimate of drug-likeness (QED) is 0.871. The molecule has 2 aromatic rings. The highest BCUT2D eigenvalue weighted by atomic mass is 16.5. The Kier molecular flexibility index (Phi) is 3.30. The molecule has 0 bridgehead atoms. The topological polar surface area (TPSA) is 49.9 Å². The Morgan fingerprint density at radius 3 is 3.39 bits per heavy atom. The summed E-state index contributed by atoms with van der Waals surface area (Å²) in [6, 6.07) is 4.66. The molecule has 2 atom stereocenters. The van der Waals surface area contributed by atoms with Gasteiger partial charge in [-0.2, -0.15) is 0 Å². The van der Waals surface area contributed by atoms with E-state index in [4.69, 9.17) is 4.74 Å². The Morgan fingerprint density at radius 2 is 2.50 bits per heavy atom. The molecule has 0 spiro atoms. The largest absolute Gasteiger partial charge is 0.378 e. The third-order valence-corrected chi connectivity index (χ3v) is 3.60. The van der Waals surface area contributed by atoms with E-state index >= 15 is 0 Å². The number of rotatable bonds is 3. The third kappa shape index (κ3) is 2.40. The summed E-state index contributed by atoms with van der Waals surface area (Å²) in [6.45, 7) is 3.90. The third-order valence-electron chi connectivity index (χ3n) is 3.60. The van der Waals surface area contributed by atoms with Crippen molar-refractivity contribution in [2.45, 2.75) is 38.5 Å². The number of hydrogen-bond acceptors (Lipinski definition) is 3. The van der Waals surface area contributed by atoms with E-state index in [-0.39, 0.29) is 0 Å². The zero-order chi connectivity index (χ0) is 12.4. The van der Waals surface area contributed by atoms with Crippen LogP contribution in [0.15, 0.2) is 24.5 Å². The Bertz CT molecular complexity index is 522. The zero-order valence-corrected chi connectivity index (χ0v) is 10.6. The first-order valence-corrected chi connectivity index (χ1v) is 6.59. The molecule has 0 aliphatic carbocycles. The lowest BCUT2D eigenvalue weighted by molar-refractivity contribution is 0.0130. The van der Waals surface area contributed by atoms with Crippen molar-refractivity contribution >= 4 is 11.0 Å². The average Bonchev–Trinajstić information content (AvgIpc) is 2.80. The van der Waals surface area contributed by atoms with Gasteiger partial charge in [0.15, 0.2) is 0 Å². The SMILES string of the molecule is CC1CC(NCc2c[nH]c3ncccc23)CCO1. The number of ether oxygens (including phenoxy) is 1. The van der Waals surface area contributed by atoms with Crippen LogP contribution in [0.1, 0.15) is 25.3 Å². The second kappa shape index (κ2) is 5.08. The molecule has 3 rings (SSSR count). The molecule has 1 fully saturated rings. The molecule has 0 radical (unpaired) electrons. The van der Waals surface area contributed by atoms with Crippen molar-refractivity contribution in [2.75, 3.05) is 6.61 Å². The maximum Gasteiger partial charge on any atom is 0.137 e. The maximum absolute atomic E-state index is 5.56. The fraction of sp³-hybridized carbons (Fsp3) is 0.500. The van der Waals surface area contributed by atoms with E-state index in [9.17, 15) is 0 Å². The summed E-state index contributed by atoms with van der Waals surface area (Å²) in [4.78, 5) is 7.51. The fourth-order valence-corrected chi connectivity index (χ4v) is 2.60. The monoisotopic (exact) mass is 245 g/mol. The van der Waals surface area contributed by atoms with Crippen molar-refractivity contribution in [3.05, 3.63) is 30.1 Å². The van der Waals surface area contributed by atoms with Gasteiger partial charge in [0.25, 0.3) is 0 Å². The van der Waals surface area contributed by atoms with Gasteiger partial charge < -0.3 is 15.0 Å². The summed E-state index contributed by atoms with van der Waals surface area (Å²) in [5.41, 5.74) is 2.26. The van der Waals surface area contributed by atoms with Crippen molar-refractivity contribution in [3.63, 3.8) is 0 Å². The smallest absolute Gasteiger partial charge is 0.137 e. The van der Waals surface area contributed by atoms with E-state index in [0.29, 0.717) is 12.1 Å². The van der Waals surface area contributed by atoms with E-state index in [1.807, 2.05) is 18.5 Å². The normalized spacial score (nSPS) is 24.5. The first-order chi connectivity index (χ1) is 8.83. The molecule has 2 aromatic heterocycles. The molecule has 2 unspecified atom stereocenters. The molecular weight excluding hydrogens is 226 g/mol. The Labute approximate surface area is 107 Å². The lowest BCUT2D eigenvalue weighted by Crippen LogP contribution is -2.37.